The van der Waals surface area contributed by atoms with Crippen molar-refractivity contribution in [2.45, 2.75) is 25.8 Å². The molecule has 1 aliphatic rings. The summed E-state index contributed by atoms with van der Waals surface area (Å²) in [5, 5.41) is 2.18. The summed E-state index contributed by atoms with van der Waals surface area (Å²) in [6.45, 7) is 2.12. The van der Waals surface area contributed by atoms with Crippen molar-refractivity contribution < 1.29 is 0 Å². The largest absolute Gasteiger partial charge is 0.323 e. The molecule has 1 nitrogen and oxygen atoms in total. The summed E-state index contributed by atoms with van der Waals surface area (Å²) in [6, 6.07) is 2.54. The van der Waals surface area contributed by atoms with Crippen molar-refractivity contribution in [2.75, 3.05) is 0 Å². The number of hydrogen-bond donors (Lipinski definition) is 1. The monoisotopic (exact) mass is 167 g/mol. The summed E-state index contributed by atoms with van der Waals surface area (Å²) in [6.07, 6.45) is 2.66. The van der Waals surface area contributed by atoms with Crippen LogP contribution in [0.5, 0.6) is 0 Å². The van der Waals surface area contributed by atoms with Crippen LogP contribution in [0.15, 0.2) is 11.4 Å². The van der Waals surface area contributed by atoms with E-state index in [9.17, 15) is 0 Å². The highest BCUT2D eigenvalue weighted by atomic mass is 32.1. The van der Waals surface area contributed by atoms with E-state index in [1.165, 1.54) is 23.3 Å². The van der Waals surface area contributed by atoms with E-state index in [-0.39, 0.29) is 0 Å². The highest BCUT2D eigenvalue weighted by Crippen LogP contribution is 2.40. The summed E-state index contributed by atoms with van der Waals surface area (Å²) in [7, 11) is 0. The van der Waals surface area contributed by atoms with Gasteiger partial charge in [0.25, 0.3) is 0 Å². The fourth-order valence-corrected chi connectivity index (χ4v) is 2.31. The number of aryl methyl sites for hydroxylation is 1. The van der Waals surface area contributed by atoms with E-state index in [4.69, 9.17) is 5.73 Å². The molecule has 0 spiro atoms. The van der Waals surface area contributed by atoms with Crippen LogP contribution in [0.25, 0.3) is 0 Å². The zero-order valence-electron chi connectivity index (χ0n) is 6.71. The molecule has 1 atom stereocenters. The van der Waals surface area contributed by atoms with E-state index in [2.05, 4.69) is 18.4 Å². The van der Waals surface area contributed by atoms with Gasteiger partial charge < -0.3 is 5.73 Å². The van der Waals surface area contributed by atoms with Crippen molar-refractivity contribution in [1.82, 2.24) is 0 Å². The SMILES string of the molecule is Cc1csc(C(N)C2CC2)c1. The van der Waals surface area contributed by atoms with Gasteiger partial charge in [-0.05, 0) is 42.7 Å². The van der Waals surface area contributed by atoms with E-state index in [1.807, 2.05) is 0 Å². The quantitative estimate of drug-likeness (QED) is 0.719. The predicted molar refractivity (Wildman–Crippen MR) is 48.7 cm³/mol. The number of thiophene rings is 1. The Bertz CT molecular complexity index is 250. The Morgan fingerprint density at radius 3 is 2.82 bits per heavy atom. The van der Waals surface area contributed by atoms with Crippen LogP contribution in [0.3, 0.4) is 0 Å². The summed E-state index contributed by atoms with van der Waals surface area (Å²) in [5.74, 6) is 0.785. The van der Waals surface area contributed by atoms with Crippen molar-refractivity contribution in [2.24, 2.45) is 11.7 Å². The third-order valence-electron chi connectivity index (χ3n) is 2.21. The van der Waals surface area contributed by atoms with Crippen molar-refractivity contribution in [1.29, 1.82) is 0 Å². The first-order valence-electron chi connectivity index (χ1n) is 4.08. The molecular weight excluding hydrogens is 154 g/mol. The molecule has 0 aromatic carbocycles. The van der Waals surface area contributed by atoms with Gasteiger partial charge in [-0.25, -0.2) is 0 Å². The van der Waals surface area contributed by atoms with E-state index >= 15 is 0 Å². The van der Waals surface area contributed by atoms with Gasteiger partial charge in [-0.3, -0.25) is 0 Å². The van der Waals surface area contributed by atoms with Gasteiger partial charge in [0.05, 0.1) is 0 Å². The molecule has 0 saturated heterocycles. The molecule has 1 aliphatic carbocycles. The molecule has 0 bridgehead atoms. The minimum atomic E-state index is 0.327. The van der Waals surface area contributed by atoms with Gasteiger partial charge in [0.1, 0.15) is 0 Å². The fourth-order valence-electron chi connectivity index (χ4n) is 1.32. The normalized spacial score (nSPS) is 20.2. The van der Waals surface area contributed by atoms with E-state index in [0.717, 1.165) is 5.92 Å². The van der Waals surface area contributed by atoms with Gasteiger partial charge in [-0.1, -0.05) is 0 Å². The van der Waals surface area contributed by atoms with Crippen molar-refractivity contribution in [3.63, 3.8) is 0 Å². The van der Waals surface area contributed by atoms with Crippen molar-refractivity contribution in [3.8, 4) is 0 Å². The third-order valence-corrected chi connectivity index (χ3v) is 3.36. The summed E-state index contributed by atoms with van der Waals surface area (Å²) in [4.78, 5) is 1.37. The second-order valence-electron chi connectivity index (χ2n) is 3.39. The van der Waals surface area contributed by atoms with E-state index in [1.54, 1.807) is 11.3 Å². The molecule has 2 heteroatoms. The lowest BCUT2D eigenvalue weighted by Crippen LogP contribution is -2.10. The highest BCUT2D eigenvalue weighted by Gasteiger charge is 2.30. The maximum atomic E-state index is 6.02. The van der Waals surface area contributed by atoms with Crippen molar-refractivity contribution >= 4 is 11.3 Å². The fraction of sp³-hybridized carbons (Fsp3) is 0.556. The van der Waals surface area contributed by atoms with Gasteiger partial charge in [-0.15, -0.1) is 11.3 Å². The Kier molecular flexibility index (Phi) is 1.74. The molecular formula is C9H13NS. The average Bonchev–Trinajstić information content (AvgIpc) is 2.74. The maximum Gasteiger partial charge on any atom is 0.0418 e. The first-order valence-corrected chi connectivity index (χ1v) is 4.96. The molecule has 1 heterocycles. The number of nitrogens with two attached hydrogens (primary N) is 1. The van der Waals surface area contributed by atoms with E-state index < -0.39 is 0 Å². The van der Waals surface area contributed by atoms with Gasteiger partial charge in [0.2, 0.25) is 0 Å². The first-order chi connectivity index (χ1) is 5.27. The molecule has 1 aromatic rings. The molecule has 2 rings (SSSR count). The Hall–Kier alpha value is -0.340. The lowest BCUT2D eigenvalue weighted by atomic mass is 10.1. The van der Waals surface area contributed by atoms with E-state index in [0.29, 0.717) is 6.04 Å². The molecule has 60 valence electrons. The van der Waals surface area contributed by atoms with Crippen LogP contribution in [0.1, 0.15) is 29.3 Å². The van der Waals surface area contributed by atoms with Crippen LogP contribution in [0.2, 0.25) is 0 Å². The summed E-state index contributed by atoms with van der Waals surface area (Å²) in [5.41, 5.74) is 7.37. The minimum Gasteiger partial charge on any atom is -0.323 e. The highest BCUT2D eigenvalue weighted by molar-refractivity contribution is 7.10. The van der Waals surface area contributed by atoms with Gasteiger partial charge in [0, 0.05) is 10.9 Å². The second-order valence-corrected chi connectivity index (χ2v) is 4.33. The lowest BCUT2D eigenvalue weighted by Gasteiger charge is -2.05. The average molecular weight is 167 g/mol. The number of hydrogen-bond acceptors (Lipinski definition) is 2. The maximum absolute atomic E-state index is 6.02. The molecule has 1 unspecified atom stereocenters. The van der Waals surface area contributed by atoms with Crippen LogP contribution >= 0.6 is 11.3 Å². The minimum absolute atomic E-state index is 0.327. The molecule has 1 fully saturated rings. The van der Waals surface area contributed by atoms with Crippen LogP contribution in [-0.4, -0.2) is 0 Å². The molecule has 2 N–H and O–H groups in total. The van der Waals surface area contributed by atoms with Crippen LogP contribution < -0.4 is 5.73 Å². The predicted octanol–water partition coefficient (Wildman–Crippen LogP) is 2.47. The summed E-state index contributed by atoms with van der Waals surface area (Å²) < 4.78 is 0. The first kappa shape index (κ1) is 7.32. The zero-order chi connectivity index (χ0) is 7.84. The van der Waals surface area contributed by atoms with Gasteiger partial charge >= 0.3 is 0 Å². The smallest absolute Gasteiger partial charge is 0.0418 e. The molecule has 11 heavy (non-hydrogen) atoms. The van der Waals surface area contributed by atoms with Crippen LogP contribution in [0.4, 0.5) is 0 Å². The third kappa shape index (κ3) is 1.47. The Morgan fingerprint density at radius 2 is 2.36 bits per heavy atom. The molecule has 1 aromatic heterocycles. The Labute approximate surface area is 71.2 Å². The topological polar surface area (TPSA) is 26.0 Å². The molecule has 1 saturated carbocycles. The standard InChI is InChI=1S/C9H13NS/c1-6-4-8(11-5-6)9(10)7-2-3-7/h4-5,7,9H,2-3,10H2,1H3. The second kappa shape index (κ2) is 2.61. The van der Waals surface area contributed by atoms with Gasteiger partial charge in [-0.2, -0.15) is 0 Å². The molecule has 0 amide bonds. The van der Waals surface area contributed by atoms with Gasteiger partial charge in [0.15, 0.2) is 0 Å². The zero-order valence-corrected chi connectivity index (χ0v) is 7.53. The van der Waals surface area contributed by atoms with Crippen LogP contribution in [0, 0.1) is 12.8 Å². The van der Waals surface area contributed by atoms with Crippen molar-refractivity contribution in [3.05, 3.63) is 21.9 Å². The lowest BCUT2D eigenvalue weighted by molar-refractivity contribution is 0.644. The molecule has 0 radical (unpaired) electrons. The number of rotatable bonds is 2. The molecule has 0 aliphatic heterocycles. The summed E-state index contributed by atoms with van der Waals surface area (Å²) >= 11 is 1.80. The van der Waals surface area contributed by atoms with Crippen LogP contribution in [-0.2, 0) is 0 Å². The Balaban J connectivity index is 2.14. The Morgan fingerprint density at radius 1 is 1.64 bits per heavy atom.